The van der Waals surface area contributed by atoms with Crippen LogP contribution in [-0.4, -0.2) is 30.9 Å². The molecule has 0 saturated carbocycles. The average molecular weight is 416 g/mol. The van der Waals surface area contributed by atoms with Crippen molar-refractivity contribution in [3.63, 3.8) is 0 Å². The first-order valence-corrected chi connectivity index (χ1v) is 10.3. The van der Waals surface area contributed by atoms with Crippen molar-refractivity contribution >= 4 is 20.8 Å². The molecule has 2 aromatic rings. The lowest BCUT2D eigenvalue weighted by molar-refractivity contribution is -0.136. The molecule has 2 aromatic carbocycles. The van der Waals surface area contributed by atoms with Crippen molar-refractivity contribution < 1.29 is 23.8 Å². The second kappa shape index (κ2) is 10.00. The van der Waals surface area contributed by atoms with Crippen molar-refractivity contribution in [1.29, 1.82) is 0 Å². The molecule has 6 heteroatoms. The summed E-state index contributed by atoms with van der Waals surface area (Å²) in [6, 6.07) is 13.6. The standard InChI is InChI=1S/C23H26FO4P/c1-15-2-4-16(5-3-15)20-10-11-27-13-18(20)14-28-19-8-6-17(7-9-22(25)26)21(12-19)23(24)29/h2-6,8,12,23H,7,9-11,13-14,29H2,1H3,(H,25,26). The van der Waals surface area contributed by atoms with Gasteiger partial charge in [0.15, 0.2) is 0 Å². The van der Waals surface area contributed by atoms with Gasteiger partial charge < -0.3 is 14.6 Å². The summed E-state index contributed by atoms with van der Waals surface area (Å²) in [5, 5.41) is 8.88. The highest BCUT2D eigenvalue weighted by atomic mass is 31.0. The number of aryl methyl sites for hydroxylation is 2. The van der Waals surface area contributed by atoms with E-state index < -0.39 is 11.9 Å². The molecule has 4 nitrogen and oxygen atoms in total. The summed E-state index contributed by atoms with van der Waals surface area (Å²) in [4.78, 5) is 10.8. The molecule has 0 spiro atoms. The predicted octanol–water partition coefficient (Wildman–Crippen LogP) is 5.11. The van der Waals surface area contributed by atoms with E-state index in [0.717, 1.165) is 12.0 Å². The number of hydrogen-bond acceptors (Lipinski definition) is 3. The molecule has 0 saturated heterocycles. The van der Waals surface area contributed by atoms with E-state index in [0.29, 0.717) is 36.7 Å². The number of aliphatic carboxylic acids is 1. The van der Waals surface area contributed by atoms with Gasteiger partial charge in [0.05, 0.1) is 13.2 Å². The zero-order valence-corrected chi connectivity index (χ0v) is 17.6. The first-order valence-electron chi connectivity index (χ1n) is 9.67. The van der Waals surface area contributed by atoms with Crippen molar-refractivity contribution in [2.75, 3.05) is 19.8 Å². The number of carbonyl (C=O) groups is 1. The SMILES string of the molecule is Cc1ccc(C2=C(COc3ccc(CCC(=O)O)c(C(F)P)c3)COCC2)cc1. The zero-order valence-electron chi connectivity index (χ0n) is 16.5. The van der Waals surface area contributed by atoms with Gasteiger partial charge in [-0.05, 0) is 59.7 Å². The summed E-state index contributed by atoms with van der Waals surface area (Å²) >= 11 is 0. The van der Waals surface area contributed by atoms with Gasteiger partial charge in [0.2, 0.25) is 0 Å². The van der Waals surface area contributed by atoms with Crippen LogP contribution in [0.2, 0.25) is 0 Å². The van der Waals surface area contributed by atoms with Gasteiger partial charge in [0, 0.05) is 6.42 Å². The summed E-state index contributed by atoms with van der Waals surface area (Å²) in [7, 11) is 2.12. The number of alkyl halides is 1. The monoisotopic (exact) mass is 416 g/mol. The zero-order chi connectivity index (χ0) is 20.8. The normalized spacial score (nSPS) is 15.3. The summed E-state index contributed by atoms with van der Waals surface area (Å²) in [5.41, 5.74) is 5.84. The van der Waals surface area contributed by atoms with Gasteiger partial charge in [-0.3, -0.25) is 4.79 Å². The van der Waals surface area contributed by atoms with Crippen molar-refractivity contribution in [3.05, 3.63) is 70.3 Å². The molecule has 2 atom stereocenters. The molecule has 1 heterocycles. The largest absolute Gasteiger partial charge is 0.489 e. The van der Waals surface area contributed by atoms with Crippen LogP contribution in [0, 0.1) is 6.92 Å². The van der Waals surface area contributed by atoms with Crippen LogP contribution >= 0.6 is 9.24 Å². The van der Waals surface area contributed by atoms with E-state index >= 15 is 0 Å². The second-order valence-electron chi connectivity index (χ2n) is 7.20. The first kappa shape index (κ1) is 21.5. The lowest BCUT2D eigenvalue weighted by Gasteiger charge is -2.22. The predicted molar refractivity (Wildman–Crippen MR) is 115 cm³/mol. The third kappa shape index (κ3) is 5.88. The Balaban J connectivity index is 1.77. The van der Waals surface area contributed by atoms with E-state index in [-0.39, 0.29) is 12.8 Å². The fraction of sp³-hybridized carbons (Fsp3) is 0.348. The van der Waals surface area contributed by atoms with Gasteiger partial charge >= 0.3 is 5.97 Å². The smallest absolute Gasteiger partial charge is 0.303 e. The minimum atomic E-state index is -1.28. The maximum absolute atomic E-state index is 14.0. The van der Waals surface area contributed by atoms with Crippen molar-refractivity contribution in [2.24, 2.45) is 0 Å². The maximum Gasteiger partial charge on any atom is 0.303 e. The van der Waals surface area contributed by atoms with Gasteiger partial charge in [-0.15, -0.1) is 0 Å². The highest BCUT2D eigenvalue weighted by Crippen LogP contribution is 2.32. The molecule has 0 bridgehead atoms. The number of ether oxygens (including phenoxy) is 2. The van der Waals surface area contributed by atoms with Crippen LogP contribution in [0.25, 0.3) is 5.57 Å². The Kier molecular flexibility index (Phi) is 7.40. The third-order valence-electron chi connectivity index (χ3n) is 5.04. The fourth-order valence-corrected chi connectivity index (χ4v) is 3.74. The Morgan fingerprint density at radius 3 is 2.72 bits per heavy atom. The summed E-state index contributed by atoms with van der Waals surface area (Å²) in [6.07, 6.45) is 1.09. The quantitative estimate of drug-likeness (QED) is 0.608. The number of benzene rings is 2. The molecule has 0 aliphatic carbocycles. The molecule has 154 valence electrons. The number of carboxylic acid groups (broad SMARTS) is 1. The van der Waals surface area contributed by atoms with Gasteiger partial charge in [0.1, 0.15) is 18.3 Å². The van der Waals surface area contributed by atoms with Crippen LogP contribution in [0.1, 0.15) is 41.0 Å². The van der Waals surface area contributed by atoms with Gasteiger partial charge in [0.25, 0.3) is 0 Å². The lowest BCUT2D eigenvalue weighted by Crippen LogP contribution is -2.16. The van der Waals surface area contributed by atoms with E-state index in [2.05, 4.69) is 40.4 Å². The Labute approximate surface area is 172 Å². The Morgan fingerprint density at radius 2 is 2.03 bits per heavy atom. The topological polar surface area (TPSA) is 55.8 Å². The molecular weight excluding hydrogens is 390 g/mol. The maximum atomic E-state index is 14.0. The average Bonchev–Trinajstić information content (AvgIpc) is 2.71. The molecule has 2 unspecified atom stereocenters. The molecule has 0 amide bonds. The number of hydrogen-bond donors (Lipinski definition) is 1. The van der Waals surface area contributed by atoms with Crippen molar-refractivity contribution in [3.8, 4) is 5.75 Å². The minimum absolute atomic E-state index is 0.0330. The molecule has 0 radical (unpaired) electrons. The van der Waals surface area contributed by atoms with E-state index in [1.807, 2.05) is 0 Å². The van der Waals surface area contributed by atoms with E-state index in [1.165, 1.54) is 16.7 Å². The lowest BCUT2D eigenvalue weighted by atomic mass is 9.95. The first-order chi connectivity index (χ1) is 13.9. The van der Waals surface area contributed by atoms with Crippen LogP contribution in [0.3, 0.4) is 0 Å². The second-order valence-corrected chi connectivity index (χ2v) is 7.78. The summed E-state index contributed by atoms with van der Waals surface area (Å²) in [5.74, 6) is -1.61. The molecule has 0 aromatic heterocycles. The van der Waals surface area contributed by atoms with Crippen molar-refractivity contribution in [2.45, 2.75) is 32.1 Å². The molecule has 1 aliphatic heterocycles. The Hall–Kier alpha value is -2.23. The van der Waals surface area contributed by atoms with E-state index in [9.17, 15) is 9.18 Å². The third-order valence-corrected chi connectivity index (χ3v) is 5.39. The highest BCUT2D eigenvalue weighted by molar-refractivity contribution is 7.16. The van der Waals surface area contributed by atoms with Crippen LogP contribution < -0.4 is 4.74 Å². The Bertz CT molecular complexity index is 890. The van der Waals surface area contributed by atoms with Gasteiger partial charge in [-0.2, -0.15) is 0 Å². The van der Waals surface area contributed by atoms with Crippen LogP contribution in [-0.2, 0) is 16.0 Å². The Morgan fingerprint density at radius 1 is 1.28 bits per heavy atom. The molecule has 3 rings (SSSR count). The number of halogens is 1. The number of carboxylic acids is 1. The highest BCUT2D eigenvalue weighted by Gasteiger charge is 2.17. The van der Waals surface area contributed by atoms with Crippen LogP contribution in [0.4, 0.5) is 4.39 Å². The van der Waals surface area contributed by atoms with Crippen LogP contribution in [0.15, 0.2) is 48.0 Å². The van der Waals surface area contributed by atoms with Gasteiger partial charge in [-0.1, -0.05) is 45.1 Å². The molecule has 0 fully saturated rings. The van der Waals surface area contributed by atoms with E-state index in [4.69, 9.17) is 14.6 Å². The fourth-order valence-electron chi connectivity index (χ4n) is 3.42. The van der Waals surface area contributed by atoms with Crippen molar-refractivity contribution in [1.82, 2.24) is 0 Å². The van der Waals surface area contributed by atoms with E-state index in [1.54, 1.807) is 18.2 Å². The van der Waals surface area contributed by atoms with Crippen LogP contribution in [0.5, 0.6) is 5.75 Å². The summed E-state index contributed by atoms with van der Waals surface area (Å²) in [6.45, 7) is 3.63. The summed E-state index contributed by atoms with van der Waals surface area (Å²) < 4.78 is 25.6. The molecule has 1 N–H and O–H groups in total. The van der Waals surface area contributed by atoms with Gasteiger partial charge in [-0.25, -0.2) is 4.39 Å². The minimum Gasteiger partial charge on any atom is -0.489 e. The molecular formula is C23H26FO4P. The number of rotatable bonds is 8. The molecule has 29 heavy (non-hydrogen) atoms. The molecule has 1 aliphatic rings.